The van der Waals surface area contributed by atoms with Crippen LogP contribution in [0, 0.1) is 17.1 Å². The van der Waals surface area contributed by atoms with Gasteiger partial charge in [-0.05, 0) is 42.0 Å². The zero-order valence-corrected chi connectivity index (χ0v) is 13.0. The molecule has 2 aromatic rings. The maximum atomic E-state index is 12.9. The molecule has 5 nitrogen and oxygen atoms in total. The number of benzene rings is 2. The fraction of sp³-hybridized carbons (Fsp3) is 0.167. The molecule has 0 aliphatic heterocycles. The summed E-state index contributed by atoms with van der Waals surface area (Å²) in [5.41, 5.74) is 1.40. The molecule has 0 saturated carbocycles. The van der Waals surface area contributed by atoms with Gasteiger partial charge in [0.1, 0.15) is 11.9 Å². The zero-order valence-electron chi connectivity index (χ0n) is 13.0. The Hall–Kier alpha value is -3.20. The summed E-state index contributed by atoms with van der Waals surface area (Å²) in [5.74, 6) is -1.57. The minimum absolute atomic E-state index is 0.176. The Balaban J connectivity index is 2.16. The van der Waals surface area contributed by atoms with E-state index in [1.165, 1.54) is 31.4 Å². The Morgan fingerprint density at radius 2 is 1.96 bits per heavy atom. The molecule has 0 bridgehead atoms. The first kappa shape index (κ1) is 17.2. The van der Waals surface area contributed by atoms with Gasteiger partial charge in [0, 0.05) is 12.0 Å². The molecule has 0 radical (unpaired) electrons. The van der Waals surface area contributed by atoms with Gasteiger partial charge in [-0.1, -0.05) is 12.1 Å². The maximum Gasteiger partial charge on any atom is 0.328 e. The number of esters is 1. The first-order chi connectivity index (χ1) is 11.5. The average molecular weight is 326 g/mol. The normalized spacial score (nSPS) is 11.2. The van der Waals surface area contributed by atoms with Crippen LogP contribution in [0.25, 0.3) is 0 Å². The molecule has 6 heteroatoms. The minimum atomic E-state index is -0.915. The monoisotopic (exact) mass is 326 g/mol. The van der Waals surface area contributed by atoms with E-state index in [0.29, 0.717) is 11.1 Å². The van der Waals surface area contributed by atoms with E-state index < -0.39 is 23.7 Å². The Labute approximate surface area is 138 Å². The van der Waals surface area contributed by atoms with Gasteiger partial charge in [0.2, 0.25) is 0 Å². The lowest BCUT2D eigenvalue weighted by Gasteiger charge is -2.17. The minimum Gasteiger partial charge on any atom is -0.467 e. The summed E-state index contributed by atoms with van der Waals surface area (Å²) in [6.07, 6.45) is 0.176. The number of ether oxygens (including phenoxy) is 1. The lowest BCUT2D eigenvalue weighted by Crippen LogP contribution is -2.43. The second kappa shape index (κ2) is 7.88. The van der Waals surface area contributed by atoms with E-state index in [2.05, 4.69) is 5.32 Å². The fourth-order valence-corrected chi connectivity index (χ4v) is 2.18. The number of carbonyl (C=O) groups is 2. The van der Waals surface area contributed by atoms with E-state index in [1.54, 1.807) is 24.3 Å². The van der Waals surface area contributed by atoms with E-state index in [4.69, 9.17) is 10.00 Å². The van der Waals surface area contributed by atoms with Crippen LogP contribution in [0.2, 0.25) is 0 Å². The molecular weight excluding hydrogens is 311 g/mol. The van der Waals surface area contributed by atoms with Gasteiger partial charge in [0.25, 0.3) is 5.91 Å². The molecule has 0 saturated heterocycles. The van der Waals surface area contributed by atoms with E-state index in [-0.39, 0.29) is 12.0 Å². The zero-order chi connectivity index (χ0) is 17.5. The first-order valence-corrected chi connectivity index (χ1v) is 7.17. The number of methoxy groups -OCH3 is 1. The number of amides is 1. The number of nitrogens with one attached hydrogen (secondary N) is 1. The molecule has 122 valence electrons. The van der Waals surface area contributed by atoms with Gasteiger partial charge >= 0.3 is 5.97 Å². The lowest BCUT2D eigenvalue weighted by molar-refractivity contribution is -0.142. The third kappa shape index (κ3) is 4.40. The van der Waals surface area contributed by atoms with E-state index in [1.807, 2.05) is 6.07 Å². The highest BCUT2D eigenvalue weighted by atomic mass is 19.1. The van der Waals surface area contributed by atoms with Crippen molar-refractivity contribution in [2.75, 3.05) is 7.11 Å². The average Bonchev–Trinajstić information content (AvgIpc) is 2.61. The highest BCUT2D eigenvalue weighted by molar-refractivity contribution is 5.96. The Bertz CT molecular complexity index is 782. The standard InChI is InChI=1S/C18H15FN2O3/c1-24-18(23)16(10-12-3-2-4-13(9-12)11-20)21-17(22)14-5-7-15(19)8-6-14/h2-9,16H,10H2,1H3,(H,21,22)/t16-/m0/s1. The molecule has 0 fully saturated rings. The van der Waals surface area contributed by atoms with Crippen molar-refractivity contribution in [2.45, 2.75) is 12.5 Å². The van der Waals surface area contributed by atoms with Crippen LogP contribution in [-0.2, 0) is 16.0 Å². The van der Waals surface area contributed by atoms with Gasteiger partial charge in [0.15, 0.2) is 0 Å². The van der Waals surface area contributed by atoms with Gasteiger partial charge in [-0.3, -0.25) is 4.79 Å². The smallest absolute Gasteiger partial charge is 0.328 e. The molecule has 0 aliphatic carbocycles. The van der Waals surface area contributed by atoms with Gasteiger partial charge in [0.05, 0.1) is 18.7 Å². The van der Waals surface area contributed by atoms with Crippen molar-refractivity contribution in [3.63, 3.8) is 0 Å². The molecule has 1 atom stereocenters. The quantitative estimate of drug-likeness (QED) is 0.855. The SMILES string of the molecule is COC(=O)[C@H](Cc1cccc(C#N)c1)NC(=O)c1ccc(F)cc1. The number of rotatable bonds is 5. The van der Waals surface area contributed by atoms with Crippen LogP contribution < -0.4 is 5.32 Å². The van der Waals surface area contributed by atoms with Crippen molar-refractivity contribution in [2.24, 2.45) is 0 Å². The van der Waals surface area contributed by atoms with Crippen LogP contribution in [0.5, 0.6) is 0 Å². The van der Waals surface area contributed by atoms with Gasteiger partial charge in [-0.15, -0.1) is 0 Å². The Morgan fingerprint density at radius 1 is 1.25 bits per heavy atom. The van der Waals surface area contributed by atoms with E-state index in [0.717, 1.165) is 0 Å². The van der Waals surface area contributed by atoms with Crippen LogP contribution in [0.4, 0.5) is 4.39 Å². The molecule has 0 unspecified atom stereocenters. The first-order valence-electron chi connectivity index (χ1n) is 7.17. The Morgan fingerprint density at radius 3 is 2.58 bits per heavy atom. The molecule has 0 aliphatic rings. The largest absolute Gasteiger partial charge is 0.467 e. The van der Waals surface area contributed by atoms with E-state index in [9.17, 15) is 14.0 Å². The maximum absolute atomic E-state index is 12.9. The van der Waals surface area contributed by atoms with Gasteiger partial charge in [-0.2, -0.15) is 5.26 Å². The molecule has 1 amide bonds. The van der Waals surface area contributed by atoms with Crippen molar-refractivity contribution in [3.05, 3.63) is 71.0 Å². The number of halogens is 1. The second-order valence-electron chi connectivity index (χ2n) is 5.07. The molecule has 0 spiro atoms. The highest BCUT2D eigenvalue weighted by Gasteiger charge is 2.22. The van der Waals surface area contributed by atoms with Crippen molar-refractivity contribution in [3.8, 4) is 6.07 Å². The number of hydrogen-bond acceptors (Lipinski definition) is 4. The van der Waals surface area contributed by atoms with Gasteiger partial charge < -0.3 is 10.1 Å². The van der Waals surface area contributed by atoms with Crippen LogP contribution >= 0.6 is 0 Å². The predicted molar refractivity (Wildman–Crippen MR) is 84.5 cm³/mol. The predicted octanol–water partition coefficient (Wildman–Crippen LogP) is 2.21. The topological polar surface area (TPSA) is 79.2 Å². The second-order valence-corrected chi connectivity index (χ2v) is 5.07. The fourth-order valence-electron chi connectivity index (χ4n) is 2.18. The number of hydrogen-bond donors (Lipinski definition) is 1. The molecule has 2 aromatic carbocycles. The number of carbonyl (C=O) groups excluding carboxylic acids is 2. The molecule has 24 heavy (non-hydrogen) atoms. The summed E-state index contributed by atoms with van der Waals surface area (Å²) < 4.78 is 17.6. The molecule has 0 aromatic heterocycles. The Kier molecular flexibility index (Phi) is 5.63. The molecular formula is C18H15FN2O3. The van der Waals surface area contributed by atoms with Crippen molar-refractivity contribution < 1.29 is 18.7 Å². The molecule has 1 N–H and O–H groups in total. The summed E-state index contributed by atoms with van der Waals surface area (Å²) in [7, 11) is 1.23. The van der Waals surface area contributed by atoms with Crippen molar-refractivity contribution in [1.82, 2.24) is 5.32 Å². The summed E-state index contributed by atoms with van der Waals surface area (Å²) in [6.45, 7) is 0. The van der Waals surface area contributed by atoms with Crippen LogP contribution in [0.1, 0.15) is 21.5 Å². The lowest BCUT2D eigenvalue weighted by atomic mass is 10.0. The molecule has 2 rings (SSSR count). The summed E-state index contributed by atoms with van der Waals surface area (Å²) in [5, 5.41) is 11.5. The number of nitrogens with zero attached hydrogens (tertiary/aromatic N) is 1. The van der Waals surface area contributed by atoms with Crippen LogP contribution in [-0.4, -0.2) is 25.0 Å². The third-order valence-electron chi connectivity index (χ3n) is 3.39. The highest BCUT2D eigenvalue weighted by Crippen LogP contribution is 2.09. The van der Waals surface area contributed by atoms with Crippen LogP contribution in [0.3, 0.4) is 0 Å². The summed E-state index contributed by atoms with van der Waals surface area (Å²) in [6, 6.07) is 12.8. The van der Waals surface area contributed by atoms with Gasteiger partial charge in [-0.25, -0.2) is 9.18 Å². The summed E-state index contributed by atoms with van der Waals surface area (Å²) in [4.78, 5) is 24.1. The van der Waals surface area contributed by atoms with Crippen molar-refractivity contribution >= 4 is 11.9 Å². The summed E-state index contributed by atoms with van der Waals surface area (Å²) >= 11 is 0. The number of nitriles is 1. The molecule has 0 heterocycles. The van der Waals surface area contributed by atoms with E-state index >= 15 is 0 Å². The third-order valence-corrected chi connectivity index (χ3v) is 3.39. The van der Waals surface area contributed by atoms with Crippen molar-refractivity contribution in [1.29, 1.82) is 5.26 Å². The van der Waals surface area contributed by atoms with Crippen LogP contribution in [0.15, 0.2) is 48.5 Å².